The Balaban J connectivity index is 2.17. The molecular formula is C12H22N4O4S2. The van der Waals surface area contributed by atoms with E-state index in [0.29, 0.717) is 19.5 Å². The standard InChI is InChI=1S/C12H22N4O4S2/c1-11(2)21(17,18)15-5-4-6-16(8-7-15)22(19,20)12-9-13-14(3)10-12/h9-11H,4-8H2,1-3H3. The Morgan fingerprint density at radius 1 is 1.05 bits per heavy atom. The molecule has 1 aromatic heterocycles. The molecule has 1 fully saturated rings. The van der Waals surface area contributed by atoms with Crippen LogP contribution in [-0.4, -0.2) is 66.7 Å². The largest absolute Gasteiger partial charge is 0.274 e. The second-order valence-electron chi connectivity index (χ2n) is 5.60. The first-order valence-electron chi connectivity index (χ1n) is 7.13. The molecule has 0 N–H and O–H groups in total. The van der Waals surface area contributed by atoms with E-state index in [0.717, 1.165) is 0 Å². The summed E-state index contributed by atoms with van der Waals surface area (Å²) < 4.78 is 53.7. The van der Waals surface area contributed by atoms with Gasteiger partial charge in [-0.2, -0.15) is 9.40 Å². The third-order valence-electron chi connectivity index (χ3n) is 3.69. The van der Waals surface area contributed by atoms with Gasteiger partial charge in [-0.15, -0.1) is 0 Å². The summed E-state index contributed by atoms with van der Waals surface area (Å²) in [6.07, 6.45) is 3.23. The van der Waals surface area contributed by atoms with Gasteiger partial charge in [0.2, 0.25) is 20.0 Å². The number of hydrogen-bond acceptors (Lipinski definition) is 5. The second kappa shape index (κ2) is 6.26. The van der Waals surface area contributed by atoms with Crippen molar-refractivity contribution < 1.29 is 16.8 Å². The maximum atomic E-state index is 12.5. The van der Waals surface area contributed by atoms with Gasteiger partial charge in [-0.3, -0.25) is 4.68 Å². The first-order chi connectivity index (χ1) is 10.2. The molecule has 22 heavy (non-hydrogen) atoms. The summed E-state index contributed by atoms with van der Waals surface area (Å²) in [6.45, 7) is 4.25. The van der Waals surface area contributed by atoms with E-state index in [9.17, 15) is 16.8 Å². The molecule has 1 aromatic rings. The number of hydrogen-bond donors (Lipinski definition) is 0. The predicted octanol–water partition coefficient (Wildman–Crippen LogP) is -0.145. The summed E-state index contributed by atoms with van der Waals surface area (Å²) in [5.41, 5.74) is 0. The number of aromatic nitrogens is 2. The number of rotatable bonds is 4. The van der Waals surface area contributed by atoms with Crippen LogP contribution in [-0.2, 0) is 27.1 Å². The van der Waals surface area contributed by atoms with E-state index in [2.05, 4.69) is 5.10 Å². The van der Waals surface area contributed by atoms with Gasteiger partial charge in [0.05, 0.1) is 11.4 Å². The summed E-state index contributed by atoms with van der Waals surface area (Å²) in [7, 11) is -5.33. The molecule has 0 amide bonds. The van der Waals surface area contributed by atoms with Crippen molar-refractivity contribution in [1.82, 2.24) is 18.4 Å². The average molecular weight is 350 g/mol. The predicted molar refractivity (Wildman–Crippen MR) is 82.2 cm³/mol. The van der Waals surface area contributed by atoms with Crippen LogP contribution < -0.4 is 0 Å². The van der Waals surface area contributed by atoms with E-state index < -0.39 is 25.3 Å². The minimum absolute atomic E-state index is 0.134. The molecule has 0 bridgehead atoms. The van der Waals surface area contributed by atoms with E-state index >= 15 is 0 Å². The summed E-state index contributed by atoms with van der Waals surface area (Å²) in [4.78, 5) is 0.134. The van der Waals surface area contributed by atoms with Gasteiger partial charge in [-0.25, -0.2) is 21.1 Å². The highest BCUT2D eigenvalue weighted by molar-refractivity contribution is 7.89. The monoisotopic (exact) mass is 350 g/mol. The van der Waals surface area contributed by atoms with Gasteiger partial charge in [-0.1, -0.05) is 0 Å². The molecule has 0 atom stereocenters. The van der Waals surface area contributed by atoms with Crippen LogP contribution in [0.1, 0.15) is 20.3 Å². The molecule has 0 aliphatic carbocycles. The highest BCUT2D eigenvalue weighted by Crippen LogP contribution is 2.19. The fraction of sp³-hybridized carbons (Fsp3) is 0.750. The molecule has 0 radical (unpaired) electrons. The zero-order chi connectivity index (χ0) is 16.5. The van der Waals surface area contributed by atoms with E-state index in [1.54, 1.807) is 20.9 Å². The lowest BCUT2D eigenvalue weighted by atomic mass is 10.4. The van der Waals surface area contributed by atoms with Crippen molar-refractivity contribution in [3.63, 3.8) is 0 Å². The van der Waals surface area contributed by atoms with Crippen molar-refractivity contribution in [2.24, 2.45) is 7.05 Å². The third kappa shape index (κ3) is 3.34. The Morgan fingerprint density at radius 2 is 1.64 bits per heavy atom. The molecule has 1 saturated heterocycles. The minimum Gasteiger partial charge on any atom is -0.274 e. The summed E-state index contributed by atoms with van der Waals surface area (Å²) in [5.74, 6) is 0. The van der Waals surface area contributed by atoms with Crippen molar-refractivity contribution in [3.8, 4) is 0 Å². The normalized spacial score (nSPS) is 19.5. The minimum atomic E-state index is -3.63. The lowest BCUT2D eigenvalue weighted by molar-refractivity contribution is 0.402. The van der Waals surface area contributed by atoms with Crippen molar-refractivity contribution in [2.45, 2.75) is 30.4 Å². The van der Waals surface area contributed by atoms with Gasteiger partial charge in [0, 0.05) is 39.4 Å². The van der Waals surface area contributed by atoms with Crippen LogP contribution in [0.4, 0.5) is 0 Å². The van der Waals surface area contributed by atoms with Crippen LogP contribution in [0.2, 0.25) is 0 Å². The van der Waals surface area contributed by atoms with Crippen LogP contribution in [0.5, 0.6) is 0 Å². The first kappa shape index (κ1) is 17.4. The average Bonchev–Trinajstić information content (AvgIpc) is 2.73. The van der Waals surface area contributed by atoms with Crippen molar-refractivity contribution in [3.05, 3.63) is 12.4 Å². The SMILES string of the molecule is CC(C)S(=O)(=O)N1CCCN(S(=O)(=O)c2cnn(C)c2)CC1. The van der Waals surface area contributed by atoms with Gasteiger partial charge in [0.25, 0.3) is 0 Å². The van der Waals surface area contributed by atoms with Crippen LogP contribution in [0, 0.1) is 0 Å². The Morgan fingerprint density at radius 3 is 2.18 bits per heavy atom. The topological polar surface area (TPSA) is 92.6 Å². The highest BCUT2D eigenvalue weighted by Gasteiger charge is 2.32. The number of nitrogens with zero attached hydrogens (tertiary/aromatic N) is 4. The maximum Gasteiger partial charge on any atom is 0.246 e. The molecule has 0 saturated carbocycles. The lowest BCUT2D eigenvalue weighted by Gasteiger charge is -2.22. The lowest BCUT2D eigenvalue weighted by Crippen LogP contribution is -2.40. The third-order valence-corrected chi connectivity index (χ3v) is 7.82. The Hall–Kier alpha value is -0.970. The van der Waals surface area contributed by atoms with E-state index in [-0.39, 0.29) is 18.0 Å². The molecule has 8 nitrogen and oxygen atoms in total. The summed E-state index contributed by atoms with van der Waals surface area (Å²) >= 11 is 0. The molecule has 2 heterocycles. The second-order valence-corrected chi connectivity index (χ2v) is 10.0. The maximum absolute atomic E-state index is 12.5. The molecule has 0 aromatic carbocycles. The number of aryl methyl sites for hydroxylation is 1. The fourth-order valence-corrected chi connectivity index (χ4v) is 5.12. The van der Waals surface area contributed by atoms with Gasteiger partial charge in [0.15, 0.2) is 0 Å². The van der Waals surface area contributed by atoms with E-state index in [4.69, 9.17) is 0 Å². The van der Waals surface area contributed by atoms with Crippen molar-refractivity contribution in [1.29, 1.82) is 0 Å². The zero-order valence-electron chi connectivity index (χ0n) is 13.0. The van der Waals surface area contributed by atoms with Crippen LogP contribution >= 0.6 is 0 Å². The van der Waals surface area contributed by atoms with Gasteiger partial charge in [-0.05, 0) is 20.3 Å². The Kier molecular flexibility index (Phi) is 4.95. The Bertz CT molecular complexity index is 724. The molecule has 1 aliphatic rings. The molecule has 0 unspecified atom stereocenters. The zero-order valence-corrected chi connectivity index (χ0v) is 14.6. The smallest absolute Gasteiger partial charge is 0.246 e. The molecule has 1 aliphatic heterocycles. The Labute approximate surface area is 131 Å². The first-order valence-corrected chi connectivity index (χ1v) is 10.1. The number of sulfonamides is 2. The van der Waals surface area contributed by atoms with E-state index in [1.807, 2.05) is 0 Å². The van der Waals surface area contributed by atoms with Crippen LogP contribution in [0.15, 0.2) is 17.3 Å². The molecule has 126 valence electrons. The van der Waals surface area contributed by atoms with Crippen molar-refractivity contribution >= 4 is 20.0 Å². The summed E-state index contributed by atoms with van der Waals surface area (Å²) in [5, 5.41) is 3.38. The fourth-order valence-electron chi connectivity index (χ4n) is 2.34. The van der Waals surface area contributed by atoms with Gasteiger partial charge in [0.1, 0.15) is 4.90 Å². The quantitative estimate of drug-likeness (QED) is 0.753. The molecule has 0 spiro atoms. The van der Waals surface area contributed by atoms with Crippen LogP contribution in [0.3, 0.4) is 0 Å². The highest BCUT2D eigenvalue weighted by atomic mass is 32.2. The van der Waals surface area contributed by atoms with Gasteiger partial charge < -0.3 is 0 Å². The molecular weight excluding hydrogens is 328 g/mol. The van der Waals surface area contributed by atoms with E-state index in [1.165, 1.54) is 25.7 Å². The van der Waals surface area contributed by atoms with Gasteiger partial charge >= 0.3 is 0 Å². The molecule has 2 rings (SSSR count). The molecule has 10 heteroatoms. The summed E-state index contributed by atoms with van der Waals surface area (Å²) in [6, 6.07) is 0. The van der Waals surface area contributed by atoms with Crippen LogP contribution in [0.25, 0.3) is 0 Å². The van der Waals surface area contributed by atoms with Crippen molar-refractivity contribution in [2.75, 3.05) is 26.2 Å².